The summed E-state index contributed by atoms with van der Waals surface area (Å²) in [5.74, 6) is 1.39. The first-order valence-corrected chi connectivity index (χ1v) is 7.80. The standard InChI is InChI=1S/C14H14BrCl2N3/c1-3-4-18-14-12(15)8(2)19-13(20-14)9-5-10(16)7-11(17)6-9/h5-7H,3-4H2,1-2H3,(H,18,19,20). The minimum Gasteiger partial charge on any atom is -0.369 e. The number of benzene rings is 1. The highest BCUT2D eigenvalue weighted by Crippen LogP contribution is 2.29. The molecule has 0 aliphatic rings. The van der Waals surface area contributed by atoms with Crippen LogP contribution in [0.15, 0.2) is 22.7 Å². The molecule has 0 bridgehead atoms. The third kappa shape index (κ3) is 3.62. The van der Waals surface area contributed by atoms with Gasteiger partial charge in [-0.05, 0) is 47.5 Å². The van der Waals surface area contributed by atoms with Crippen LogP contribution >= 0.6 is 39.1 Å². The summed E-state index contributed by atoms with van der Waals surface area (Å²) in [5, 5.41) is 4.42. The van der Waals surface area contributed by atoms with E-state index in [0.717, 1.165) is 34.5 Å². The highest BCUT2D eigenvalue weighted by Gasteiger charge is 2.11. The first-order chi connectivity index (χ1) is 9.51. The molecule has 0 saturated heterocycles. The molecule has 106 valence electrons. The number of halogens is 3. The fourth-order valence-electron chi connectivity index (χ4n) is 1.73. The minimum absolute atomic E-state index is 0.569. The molecule has 1 aromatic carbocycles. The lowest BCUT2D eigenvalue weighted by Gasteiger charge is -2.11. The predicted molar refractivity (Wildman–Crippen MR) is 88.7 cm³/mol. The van der Waals surface area contributed by atoms with E-state index in [0.29, 0.717) is 15.9 Å². The molecule has 0 saturated carbocycles. The summed E-state index contributed by atoms with van der Waals surface area (Å²) < 4.78 is 0.878. The van der Waals surface area contributed by atoms with Gasteiger partial charge in [-0.3, -0.25) is 0 Å². The quantitative estimate of drug-likeness (QED) is 0.784. The molecule has 0 atom stereocenters. The van der Waals surface area contributed by atoms with Gasteiger partial charge in [0.2, 0.25) is 0 Å². The van der Waals surface area contributed by atoms with Crippen molar-refractivity contribution in [2.75, 3.05) is 11.9 Å². The summed E-state index contributed by atoms with van der Waals surface area (Å²) in [6.45, 7) is 4.88. The Bertz CT molecular complexity index is 612. The van der Waals surface area contributed by atoms with Gasteiger partial charge in [0, 0.05) is 22.2 Å². The molecule has 0 amide bonds. The van der Waals surface area contributed by atoms with Crippen molar-refractivity contribution in [3.8, 4) is 11.4 Å². The summed E-state index contributed by atoms with van der Waals surface area (Å²) in [6, 6.07) is 5.30. The van der Waals surface area contributed by atoms with E-state index in [9.17, 15) is 0 Å². The van der Waals surface area contributed by atoms with Gasteiger partial charge in [0.1, 0.15) is 5.82 Å². The molecule has 6 heteroatoms. The second-order valence-corrected chi connectivity index (χ2v) is 6.05. The van der Waals surface area contributed by atoms with E-state index in [4.69, 9.17) is 23.2 Å². The zero-order chi connectivity index (χ0) is 14.7. The van der Waals surface area contributed by atoms with E-state index in [1.165, 1.54) is 0 Å². The van der Waals surface area contributed by atoms with E-state index in [1.807, 2.05) is 6.92 Å². The van der Waals surface area contributed by atoms with E-state index in [-0.39, 0.29) is 0 Å². The Hall–Kier alpha value is -0.840. The highest BCUT2D eigenvalue weighted by atomic mass is 79.9. The number of rotatable bonds is 4. The average molecular weight is 375 g/mol. The Morgan fingerprint density at radius 3 is 2.40 bits per heavy atom. The summed E-state index contributed by atoms with van der Waals surface area (Å²) >= 11 is 15.6. The third-order valence-corrected chi connectivity index (χ3v) is 4.07. The van der Waals surface area contributed by atoms with Crippen molar-refractivity contribution in [2.24, 2.45) is 0 Å². The van der Waals surface area contributed by atoms with Crippen LogP contribution in [0, 0.1) is 6.92 Å². The molecule has 0 unspecified atom stereocenters. The van der Waals surface area contributed by atoms with Crippen molar-refractivity contribution < 1.29 is 0 Å². The molecule has 0 aliphatic carbocycles. The van der Waals surface area contributed by atoms with E-state index < -0.39 is 0 Å². The molecule has 2 aromatic rings. The molecule has 20 heavy (non-hydrogen) atoms. The number of nitrogens with one attached hydrogen (secondary N) is 1. The number of anilines is 1. The maximum atomic E-state index is 6.03. The molecular weight excluding hydrogens is 361 g/mol. The number of hydrogen-bond acceptors (Lipinski definition) is 3. The van der Waals surface area contributed by atoms with Crippen molar-refractivity contribution >= 4 is 44.9 Å². The van der Waals surface area contributed by atoms with Gasteiger partial charge in [-0.25, -0.2) is 9.97 Å². The summed E-state index contributed by atoms with van der Waals surface area (Å²) in [4.78, 5) is 9.02. The first-order valence-electron chi connectivity index (χ1n) is 6.25. The van der Waals surface area contributed by atoms with Gasteiger partial charge in [-0.2, -0.15) is 0 Å². The van der Waals surface area contributed by atoms with Crippen LogP contribution in [0.25, 0.3) is 11.4 Å². The molecule has 1 heterocycles. The molecular formula is C14H14BrCl2N3. The fourth-order valence-corrected chi connectivity index (χ4v) is 2.58. The topological polar surface area (TPSA) is 37.8 Å². The third-order valence-electron chi connectivity index (χ3n) is 2.68. The number of nitrogens with zero attached hydrogens (tertiary/aromatic N) is 2. The average Bonchev–Trinajstić information content (AvgIpc) is 2.39. The summed E-state index contributed by atoms with van der Waals surface area (Å²) in [5.41, 5.74) is 1.67. The Balaban J connectivity index is 2.48. The van der Waals surface area contributed by atoms with Crippen molar-refractivity contribution in [3.05, 3.63) is 38.4 Å². The smallest absolute Gasteiger partial charge is 0.161 e. The van der Waals surface area contributed by atoms with Gasteiger partial charge in [0.05, 0.1) is 10.2 Å². The molecule has 3 nitrogen and oxygen atoms in total. The molecule has 1 aromatic heterocycles. The zero-order valence-corrected chi connectivity index (χ0v) is 14.3. The minimum atomic E-state index is 0.569. The van der Waals surface area contributed by atoms with Crippen molar-refractivity contribution in [2.45, 2.75) is 20.3 Å². The van der Waals surface area contributed by atoms with Crippen molar-refractivity contribution in [1.82, 2.24) is 9.97 Å². The SMILES string of the molecule is CCCNc1nc(-c2cc(Cl)cc(Cl)c2)nc(C)c1Br. The lowest BCUT2D eigenvalue weighted by atomic mass is 10.2. The largest absolute Gasteiger partial charge is 0.369 e. The van der Waals surface area contributed by atoms with Crippen molar-refractivity contribution in [1.29, 1.82) is 0 Å². The van der Waals surface area contributed by atoms with E-state index >= 15 is 0 Å². The van der Waals surface area contributed by atoms with Crippen LogP contribution in [0.2, 0.25) is 10.0 Å². The summed E-state index contributed by atoms with van der Waals surface area (Å²) in [7, 11) is 0. The molecule has 2 rings (SSSR count). The first kappa shape index (κ1) is 15.5. The molecule has 0 aliphatic heterocycles. The monoisotopic (exact) mass is 373 g/mol. The van der Waals surface area contributed by atoms with Gasteiger partial charge in [-0.15, -0.1) is 0 Å². The second-order valence-electron chi connectivity index (χ2n) is 4.38. The van der Waals surface area contributed by atoms with Crippen LogP contribution in [-0.2, 0) is 0 Å². The zero-order valence-electron chi connectivity index (χ0n) is 11.2. The lowest BCUT2D eigenvalue weighted by Crippen LogP contribution is -2.06. The van der Waals surface area contributed by atoms with Gasteiger partial charge >= 0.3 is 0 Å². The van der Waals surface area contributed by atoms with Gasteiger partial charge in [0.25, 0.3) is 0 Å². The number of aromatic nitrogens is 2. The Morgan fingerprint density at radius 2 is 1.80 bits per heavy atom. The van der Waals surface area contributed by atoms with E-state index in [2.05, 4.69) is 38.1 Å². The molecule has 0 fully saturated rings. The second kappa shape index (κ2) is 6.74. The highest BCUT2D eigenvalue weighted by molar-refractivity contribution is 9.10. The maximum absolute atomic E-state index is 6.03. The van der Waals surface area contributed by atoms with Crippen LogP contribution in [0.4, 0.5) is 5.82 Å². The van der Waals surface area contributed by atoms with Crippen molar-refractivity contribution in [3.63, 3.8) is 0 Å². The Kier molecular flexibility index (Phi) is 5.24. The van der Waals surface area contributed by atoms with Crippen LogP contribution in [0.1, 0.15) is 19.0 Å². The maximum Gasteiger partial charge on any atom is 0.161 e. The van der Waals surface area contributed by atoms with Gasteiger partial charge in [0.15, 0.2) is 5.82 Å². The molecule has 1 N–H and O–H groups in total. The normalized spacial score (nSPS) is 10.7. The van der Waals surface area contributed by atoms with Crippen LogP contribution in [-0.4, -0.2) is 16.5 Å². The lowest BCUT2D eigenvalue weighted by molar-refractivity contribution is 0.958. The molecule has 0 radical (unpaired) electrons. The fraction of sp³-hybridized carbons (Fsp3) is 0.286. The van der Waals surface area contributed by atoms with Crippen LogP contribution in [0.3, 0.4) is 0 Å². The van der Waals surface area contributed by atoms with E-state index in [1.54, 1.807) is 18.2 Å². The molecule has 0 spiro atoms. The Morgan fingerprint density at radius 1 is 1.15 bits per heavy atom. The van der Waals surface area contributed by atoms with Gasteiger partial charge < -0.3 is 5.32 Å². The number of aryl methyl sites for hydroxylation is 1. The summed E-state index contributed by atoms with van der Waals surface area (Å²) in [6.07, 6.45) is 1.02. The van der Waals surface area contributed by atoms with Crippen LogP contribution in [0.5, 0.6) is 0 Å². The van der Waals surface area contributed by atoms with Gasteiger partial charge in [-0.1, -0.05) is 30.1 Å². The van der Waals surface area contributed by atoms with Crippen LogP contribution < -0.4 is 5.32 Å². The number of hydrogen-bond donors (Lipinski definition) is 1. The Labute approximate surface area is 136 Å². The predicted octanol–water partition coefficient (Wildman–Crippen LogP) is 5.34.